The predicted octanol–water partition coefficient (Wildman–Crippen LogP) is 4.48. The number of aliphatic carboxylic acids is 1. The normalized spacial score (nSPS) is 12.4. The molecule has 1 amide bonds. The van der Waals surface area contributed by atoms with Crippen LogP contribution >= 0.6 is 22.9 Å². The van der Waals surface area contributed by atoms with Crippen LogP contribution < -0.4 is 5.32 Å². The van der Waals surface area contributed by atoms with E-state index in [1.807, 2.05) is 0 Å². The Bertz CT molecular complexity index is 1560. The molecule has 4 aromatic rings. The van der Waals surface area contributed by atoms with Crippen molar-refractivity contribution in [2.75, 3.05) is 5.32 Å². The molecule has 0 atom stereocenters. The molecule has 0 saturated heterocycles. The number of carbonyl (C=O) groups is 2. The van der Waals surface area contributed by atoms with E-state index in [1.54, 1.807) is 30.3 Å². The number of nitrogens with zero attached hydrogens (tertiary/aromatic N) is 2. The molecule has 0 fully saturated rings. The molecule has 0 radical (unpaired) electrons. The van der Waals surface area contributed by atoms with E-state index < -0.39 is 21.6 Å². The highest BCUT2D eigenvalue weighted by Crippen LogP contribution is 2.32. The molecule has 0 aliphatic heterocycles. The van der Waals surface area contributed by atoms with Crippen molar-refractivity contribution in [3.63, 3.8) is 0 Å². The molecule has 0 aliphatic rings. The molecule has 0 saturated carbocycles. The first kappa shape index (κ1) is 24.1. The maximum atomic E-state index is 13.8. The predicted molar refractivity (Wildman–Crippen MR) is 130 cm³/mol. The third-order valence-corrected chi connectivity index (χ3v) is 8.00. The maximum Gasteiger partial charge on any atom is 0.335 e. The first-order chi connectivity index (χ1) is 15.9. The molecule has 0 bridgehead atoms. The number of hydrogen-bond acceptors (Lipinski definition) is 7. The van der Waals surface area contributed by atoms with Crippen LogP contribution in [0.5, 0.6) is 0 Å². The molecule has 4 rings (SSSR count). The van der Waals surface area contributed by atoms with Gasteiger partial charge >= 0.3 is 5.97 Å². The number of benzene rings is 2. The van der Waals surface area contributed by atoms with Gasteiger partial charge in [0.1, 0.15) is 0 Å². The molecule has 12 heteroatoms. The molecule has 2 heterocycles. The smallest absolute Gasteiger partial charge is 0.335 e. The van der Waals surface area contributed by atoms with Gasteiger partial charge in [0, 0.05) is 17.3 Å². The van der Waals surface area contributed by atoms with Gasteiger partial charge in [0.25, 0.3) is 10.0 Å². The number of rotatable bonds is 7. The third-order valence-electron chi connectivity index (χ3n) is 5.07. The Morgan fingerprint density at radius 3 is 2.62 bits per heavy atom. The number of fused-ring (bicyclic) bond motifs is 2. The van der Waals surface area contributed by atoms with Gasteiger partial charge in [-0.3, -0.25) is 4.79 Å². The van der Waals surface area contributed by atoms with Gasteiger partial charge in [-0.1, -0.05) is 22.9 Å². The molecule has 0 spiro atoms. The number of halogens is 1. The summed E-state index contributed by atoms with van der Waals surface area (Å²) < 4.78 is 34.8. The number of carboxylic acids is 1. The average molecular weight is 522 g/mol. The first-order valence-corrected chi connectivity index (χ1v) is 12.6. The fourth-order valence-corrected chi connectivity index (χ4v) is 6.06. The van der Waals surface area contributed by atoms with Gasteiger partial charge in [0.15, 0.2) is 10.7 Å². The van der Waals surface area contributed by atoms with Gasteiger partial charge in [-0.2, -0.15) is 0 Å². The Kier molecular flexibility index (Phi) is 6.15. The summed E-state index contributed by atoms with van der Waals surface area (Å²) in [4.78, 5) is 27.1. The molecule has 178 valence electrons. The van der Waals surface area contributed by atoms with Crippen LogP contribution in [0.2, 0.25) is 5.02 Å². The lowest BCUT2D eigenvalue weighted by molar-refractivity contribution is -0.162. The van der Waals surface area contributed by atoms with E-state index in [-0.39, 0.29) is 23.1 Å². The van der Waals surface area contributed by atoms with Gasteiger partial charge in [-0.25, -0.2) is 22.2 Å². The van der Waals surface area contributed by atoms with Crippen molar-refractivity contribution >= 4 is 71.1 Å². The molecule has 0 unspecified atom stereocenters. The number of amides is 1. The van der Waals surface area contributed by atoms with Gasteiger partial charge in [-0.05, 0) is 56.3 Å². The summed E-state index contributed by atoms with van der Waals surface area (Å²) in [5, 5.41) is 13.3. The van der Waals surface area contributed by atoms with Crippen LogP contribution in [0, 0.1) is 0 Å². The topological polar surface area (TPSA) is 128 Å². The van der Waals surface area contributed by atoms with E-state index in [9.17, 15) is 23.1 Å². The summed E-state index contributed by atoms with van der Waals surface area (Å²) in [6.45, 7) is 3.87. The van der Waals surface area contributed by atoms with Crippen molar-refractivity contribution in [2.45, 2.75) is 37.9 Å². The summed E-state index contributed by atoms with van der Waals surface area (Å²) in [5.74, 6) is -1.45. The lowest BCUT2D eigenvalue weighted by Gasteiger charge is -2.20. The zero-order valence-electron chi connectivity index (χ0n) is 18.3. The Labute approximate surface area is 204 Å². The van der Waals surface area contributed by atoms with E-state index in [0.717, 1.165) is 15.3 Å². The second-order valence-electron chi connectivity index (χ2n) is 8.04. The van der Waals surface area contributed by atoms with Crippen LogP contribution in [0.4, 0.5) is 5.13 Å². The zero-order chi connectivity index (χ0) is 24.8. The van der Waals surface area contributed by atoms with Crippen LogP contribution in [0.25, 0.3) is 21.1 Å². The summed E-state index contributed by atoms with van der Waals surface area (Å²) in [6, 6.07) is 10.9. The standard InChI is InChI=1S/C22H20ClN3O6S2/c1-12(27)24-21-25-17-6-5-16(10-19(17)33-21)34(30,31)26-15(11-32-22(2,3)20(28)29)9-13-8-14(23)4-7-18(13)26/h4-10H,11H2,1-3H3,(H,28,29)(H,24,25,27). The molecular formula is C22H20ClN3O6S2. The van der Waals surface area contributed by atoms with E-state index in [0.29, 0.717) is 31.3 Å². The second-order valence-corrected chi connectivity index (χ2v) is 11.3. The largest absolute Gasteiger partial charge is 0.479 e. The number of anilines is 1. The number of nitrogens with one attached hydrogen (secondary N) is 1. The van der Waals surface area contributed by atoms with Crippen LogP contribution in [0.1, 0.15) is 26.5 Å². The monoisotopic (exact) mass is 521 g/mol. The van der Waals surface area contributed by atoms with E-state index in [1.165, 1.54) is 32.9 Å². The maximum absolute atomic E-state index is 13.8. The fraction of sp³-hybridized carbons (Fsp3) is 0.227. The summed E-state index contributed by atoms with van der Waals surface area (Å²) >= 11 is 7.26. The quantitative estimate of drug-likeness (QED) is 0.367. The Morgan fingerprint density at radius 1 is 1.21 bits per heavy atom. The number of carboxylic acid groups (broad SMARTS) is 1. The third kappa shape index (κ3) is 4.51. The minimum atomic E-state index is -4.12. The van der Waals surface area contributed by atoms with Gasteiger partial charge in [0.05, 0.1) is 32.9 Å². The number of carbonyl (C=O) groups excluding carboxylic acids is 1. The number of hydrogen-bond donors (Lipinski definition) is 2. The molecule has 2 aromatic carbocycles. The Morgan fingerprint density at radius 2 is 1.94 bits per heavy atom. The minimum Gasteiger partial charge on any atom is -0.479 e. The van der Waals surface area contributed by atoms with Gasteiger partial charge in [-0.15, -0.1) is 0 Å². The molecule has 0 aliphatic carbocycles. The summed E-state index contributed by atoms with van der Waals surface area (Å²) in [6.07, 6.45) is 0. The zero-order valence-corrected chi connectivity index (χ0v) is 20.7. The van der Waals surface area contributed by atoms with Gasteiger partial charge < -0.3 is 15.2 Å². The lowest BCUT2D eigenvalue weighted by Crippen LogP contribution is -2.34. The fourth-order valence-electron chi connectivity index (χ4n) is 3.29. The van der Waals surface area contributed by atoms with Crippen LogP contribution in [-0.2, 0) is 31.0 Å². The number of thiazole rings is 1. The SMILES string of the molecule is CC(=O)Nc1nc2ccc(S(=O)(=O)n3c(COC(C)(C)C(=O)O)cc4cc(Cl)ccc43)cc2s1. The highest BCUT2D eigenvalue weighted by Gasteiger charge is 2.30. The highest BCUT2D eigenvalue weighted by atomic mass is 35.5. The summed E-state index contributed by atoms with van der Waals surface area (Å²) in [5.41, 5.74) is -0.359. The van der Waals surface area contributed by atoms with Gasteiger partial charge in [0.2, 0.25) is 5.91 Å². The highest BCUT2D eigenvalue weighted by molar-refractivity contribution is 7.90. The second kappa shape index (κ2) is 8.66. The van der Waals surface area contributed by atoms with Crippen molar-refractivity contribution in [1.82, 2.24) is 8.96 Å². The van der Waals surface area contributed by atoms with Crippen molar-refractivity contribution in [1.29, 1.82) is 0 Å². The molecule has 34 heavy (non-hydrogen) atoms. The molecule has 9 nitrogen and oxygen atoms in total. The van der Waals surface area contributed by atoms with Crippen LogP contribution in [-0.4, -0.2) is 40.0 Å². The Balaban J connectivity index is 1.83. The first-order valence-electron chi connectivity index (χ1n) is 9.99. The lowest BCUT2D eigenvalue weighted by atomic mass is 10.1. The van der Waals surface area contributed by atoms with Crippen molar-refractivity contribution in [3.8, 4) is 0 Å². The minimum absolute atomic E-state index is 0.00391. The molecule has 2 aromatic heterocycles. The Hall–Kier alpha value is -2.99. The van der Waals surface area contributed by atoms with E-state index in [4.69, 9.17) is 16.3 Å². The van der Waals surface area contributed by atoms with E-state index >= 15 is 0 Å². The van der Waals surface area contributed by atoms with Crippen LogP contribution in [0.3, 0.4) is 0 Å². The number of aromatic nitrogens is 2. The van der Waals surface area contributed by atoms with Crippen molar-refractivity contribution < 1.29 is 27.9 Å². The van der Waals surface area contributed by atoms with Crippen LogP contribution in [0.15, 0.2) is 47.4 Å². The van der Waals surface area contributed by atoms with E-state index in [2.05, 4.69) is 10.3 Å². The number of ether oxygens (including phenoxy) is 1. The van der Waals surface area contributed by atoms with Crippen molar-refractivity contribution in [2.24, 2.45) is 0 Å². The average Bonchev–Trinajstić information content (AvgIpc) is 3.31. The van der Waals surface area contributed by atoms with Crippen molar-refractivity contribution in [3.05, 3.63) is 53.2 Å². The summed E-state index contributed by atoms with van der Waals surface area (Å²) in [7, 11) is -4.12. The molecular weight excluding hydrogens is 502 g/mol. The molecule has 2 N–H and O–H groups in total.